The molecule has 2 N–H and O–H groups in total. The van der Waals surface area contributed by atoms with Crippen molar-refractivity contribution in [2.24, 2.45) is 5.73 Å². The fourth-order valence-corrected chi connectivity index (χ4v) is 1.10. The first-order valence-electron chi connectivity index (χ1n) is 3.93. The van der Waals surface area contributed by atoms with E-state index in [1.807, 2.05) is 0 Å². The fraction of sp³-hybridized carbons (Fsp3) is 0.333. The number of rotatable bonds is 3. The lowest BCUT2D eigenvalue weighted by Gasteiger charge is -2.14. The Morgan fingerprint density at radius 1 is 1.36 bits per heavy atom. The van der Waals surface area contributed by atoms with Crippen LogP contribution in [0.5, 0.6) is 5.75 Å². The second-order valence-corrected chi connectivity index (χ2v) is 2.75. The molecule has 0 saturated carbocycles. The van der Waals surface area contributed by atoms with E-state index < -0.39 is 18.3 Å². The molecule has 0 aliphatic rings. The molecule has 5 heteroatoms. The maximum atomic E-state index is 12.8. The van der Waals surface area contributed by atoms with Gasteiger partial charge in [0.05, 0.1) is 13.2 Å². The summed E-state index contributed by atoms with van der Waals surface area (Å²) in [6.45, 7) is 0. The number of ether oxygens (including phenoxy) is 1. The van der Waals surface area contributed by atoms with E-state index >= 15 is 0 Å². The Labute approximate surface area is 79.5 Å². The minimum Gasteiger partial charge on any atom is -0.496 e. The molecule has 0 unspecified atom stereocenters. The standard InChI is InChI=1S/C9H10F3NO/c1-14-7-3-2-5(10)4-6(7)8(13)9(11)12/h2-4,8-9H,13H2,1H3/t8-/m1/s1. The molecule has 0 heterocycles. The largest absolute Gasteiger partial charge is 0.496 e. The number of hydrogen-bond donors (Lipinski definition) is 1. The normalized spacial score (nSPS) is 13.0. The molecular formula is C9H10F3NO. The highest BCUT2D eigenvalue weighted by molar-refractivity contribution is 5.36. The third kappa shape index (κ3) is 2.17. The van der Waals surface area contributed by atoms with Crippen LogP contribution in [0.3, 0.4) is 0 Å². The Kier molecular flexibility index (Phi) is 3.35. The SMILES string of the molecule is COc1ccc(F)cc1[C@@H](N)C(F)F. The summed E-state index contributed by atoms with van der Waals surface area (Å²) in [5, 5.41) is 0. The highest BCUT2D eigenvalue weighted by Gasteiger charge is 2.21. The van der Waals surface area contributed by atoms with Crippen LogP contribution in [0.2, 0.25) is 0 Å². The highest BCUT2D eigenvalue weighted by Crippen LogP contribution is 2.27. The van der Waals surface area contributed by atoms with E-state index in [-0.39, 0.29) is 11.3 Å². The van der Waals surface area contributed by atoms with Crippen LogP contribution in [-0.2, 0) is 0 Å². The zero-order chi connectivity index (χ0) is 10.7. The summed E-state index contributed by atoms with van der Waals surface area (Å²) in [5.74, 6) is -0.448. The van der Waals surface area contributed by atoms with Gasteiger partial charge in [-0.3, -0.25) is 0 Å². The summed E-state index contributed by atoms with van der Waals surface area (Å²) in [5.41, 5.74) is 5.16. The van der Waals surface area contributed by atoms with Crippen molar-refractivity contribution in [1.82, 2.24) is 0 Å². The average Bonchev–Trinajstić information content (AvgIpc) is 2.16. The van der Waals surface area contributed by atoms with Gasteiger partial charge >= 0.3 is 0 Å². The van der Waals surface area contributed by atoms with Gasteiger partial charge in [-0.25, -0.2) is 13.2 Å². The van der Waals surface area contributed by atoms with Gasteiger partial charge < -0.3 is 10.5 Å². The Balaban J connectivity index is 3.10. The summed E-state index contributed by atoms with van der Waals surface area (Å²) in [4.78, 5) is 0. The molecule has 0 amide bonds. The van der Waals surface area contributed by atoms with Gasteiger partial charge in [-0.05, 0) is 18.2 Å². The van der Waals surface area contributed by atoms with Gasteiger partial charge in [0.2, 0.25) is 0 Å². The van der Waals surface area contributed by atoms with Gasteiger partial charge in [-0.1, -0.05) is 0 Å². The molecule has 0 aliphatic carbocycles. The van der Waals surface area contributed by atoms with Crippen LogP contribution in [0.1, 0.15) is 11.6 Å². The molecule has 1 atom stereocenters. The molecule has 0 bridgehead atoms. The van der Waals surface area contributed by atoms with Crippen LogP contribution < -0.4 is 10.5 Å². The number of methoxy groups -OCH3 is 1. The second kappa shape index (κ2) is 4.32. The van der Waals surface area contributed by atoms with Crippen LogP contribution in [0.4, 0.5) is 13.2 Å². The van der Waals surface area contributed by atoms with Crippen LogP contribution in [0.25, 0.3) is 0 Å². The van der Waals surface area contributed by atoms with E-state index in [9.17, 15) is 13.2 Å². The van der Waals surface area contributed by atoms with Crippen molar-refractivity contribution in [3.05, 3.63) is 29.6 Å². The number of alkyl halides is 2. The summed E-state index contributed by atoms with van der Waals surface area (Å²) in [7, 11) is 1.31. The van der Waals surface area contributed by atoms with Crippen molar-refractivity contribution < 1.29 is 17.9 Å². The lowest BCUT2D eigenvalue weighted by atomic mass is 10.1. The smallest absolute Gasteiger partial charge is 0.257 e. The molecule has 0 aromatic heterocycles. The predicted molar refractivity (Wildman–Crippen MR) is 45.9 cm³/mol. The molecule has 0 aliphatic heterocycles. The maximum Gasteiger partial charge on any atom is 0.257 e. The zero-order valence-electron chi connectivity index (χ0n) is 7.51. The van der Waals surface area contributed by atoms with E-state index in [2.05, 4.69) is 0 Å². The van der Waals surface area contributed by atoms with Gasteiger partial charge in [-0.2, -0.15) is 0 Å². The van der Waals surface area contributed by atoms with Crippen molar-refractivity contribution in [2.45, 2.75) is 12.5 Å². The summed E-state index contributed by atoms with van der Waals surface area (Å²) in [6.07, 6.45) is -2.74. The first-order valence-corrected chi connectivity index (χ1v) is 3.93. The minimum atomic E-state index is -2.74. The number of halogens is 3. The molecule has 0 spiro atoms. The summed E-state index contributed by atoms with van der Waals surface area (Å²) in [6, 6.07) is 1.82. The molecule has 1 aromatic carbocycles. The zero-order valence-corrected chi connectivity index (χ0v) is 7.51. The lowest BCUT2D eigenvalue weighted by molar-refractivity contribution is 0.115. The summed E-state index contributed by atoms with van der Waals surface area (Å²) < 4.78 is 42.1. The van der Waals surface area contributed by atoms with Crippen molar-refractivity contribution >= 4 is 0 Å². The Bertz CT molecular complexity index is 317. The number of benzene rings is 1. The van der Waals surface area contributed by atoms with Crippen LogP contribution in [0.15, 0.2) is 18.2 Å². The first kappa shape index (κ1) is 10.8. The molecule has 78 valence electrons. The van der Waals surface area contributed by atoms with Crippen LogP contribution in [0, 0.1) is 5.82 Å². The molecule has 1 aromatic rings. The van der Waals surface area contributed by atoms with Crippen molar-refractivity contribution in [3.63, 3.8) is 0 Å². The molecule has 14 heavy (non-hydrogen) atoms. The highest BCUT2D eigenvalue weighted by atomic mass is 19.3. The van der Waals surface area contributed by atoms with Crippen LogP contribution >= 0.6 is 0 Å². The minimum absolute atomic E-state index is 0.0255. The second-order valence-electron chi connectivity index (χ2n) is 2.75. The third-order valence-corrected chi connectivity index (χ3v) is 1.82. The lowest BCUT2D eigenvalue weighted by Crippen LogP contribution is -2.19. The predicted octanol–water partition coefficient (Wildman–Crippen LogP) is 2.10. The monoisotopic (exact) mass is 205 g/mol. The Morgan fingerprint density at radius 3 is 2.50 bits per heavy atom. The van der Waals surface area contributed by atoms with Gasteiger partial charge in [0, 0.05) is 5.56 Å². The number of hydrogen-bond acceptors (Lipinski definition) is 2. The molecule has 1 rings (SSSR count). The molecule has 0 fully saturated rings. The van der Waals surface area contributed by atoms with E-state index in [0.29, 0.717) is 0 Å². The third-order valence-electron chi connectivity index (χ3n) is 1.82. The number of nitrogens with two attached hydrogens (primary N) is 1. The van der Waals surface area contributed by atoms with Gasteiger partial charge in [0.1, 0.15) is 11.6 Å². The van der Waals surface area contributed by atoms with Gasteiger partial charge in [0.25, 0.3) is 6.43 Å². The quantitative estimate of drug-likeness (QED) is 0.820. The molecule has 2 nitrogen and oxygen atoms in total. The first-order chi connectivity index (χ1) is 6.56. The summed E-state index contributed by atoms with van der Waals surface area (Å²) >= 11 is 0. The molecular weight excluding hydrogens is 195 g/mol. The van der Waals surface area contributed by atoms with E-state index in [4.69, 9.17) is 10.5 Å². The topological polar surface area (TPSA) is 35.2 Å². The Morgan fingerprint density at radius 2 is 2.00 bits per heavy atom. The van der Waals surface area contributed by atoms with Gasteiger partial charge in [-0.15, -0.1) is 0 Å². The van der Waals surface area contributed by atoms with Gasteiger partial charge in [0.15, 0.2) is 0 Å². The van der Waals surface area contributed by atoms with E-state index in [1.165, 1.54) is 13.2 Å². The molecule has 0 radical (unpaired) electrons. The van der Waals surface area contributed by atoms with E-state index in [1.54, 1.807) is 0 Å². The van der Waals surface area contributed by atoms with Crippen molar-refractivity contribution in [1.29, 1.82) is 0 Å². The fourth-order valence-electron chi connectivity index (χ4n) is 1.10. The maximum absolute atomic E-state index is 12.8. The molecule has 0 saturated heterocycles. The van der Waals surface area contributed by atoms with Crippen molar-refractivity contribution in [3.8, 4) is 5.75 Å². The van der Waals surface area contributed by atoms with E-state index in [0.717, 1.165) is 12.1 Å². The van der Waals surface area contributed by atoms with Crippen LogP contribution in [-0.4, -0.2) is 13.5 Å². The average molecular weight is 205 g/mol. The Hall–Kier alpha value is -1.23. The van der Waals surface area contributed by atoms with Crippen molar-refractivity contribution in [2.75, 3.05) is 7.11 Å².